The molecule has 5 heteroatoms. The van der Waals surface area contributed by atoms with Gasteiger partial charge in [0.1, 0.15) is 5.75 Å². The number of aromatic carboxylic acids is 1. The molecule has 0 saturated heterocycles. The highest BCUT2D eigenvalue weighted by Gasteiger charge is 2.02. The Kier molecular flexibility index (Phi) is 6.89. The zero-order chi connectivity index (χ0) is 14.8. The Balaban J connectivity index is 2.10. The quantitative estimate of drug-likeness (QED) is 0.427. The van der Waals surface area contributed by atoms with Gasteiger partial charge in [-0.25, -0.2) is 9.59 Å². The molecule has 5 nitrogen and oxygen atoms in total. The maximum Gasteiger partial charge on any atom is 0.335 e. The van der Waals surface area contributed by atoms with E-state index < -0.39 is 11.9 Å². The predicted octanol–water partition coefficient (Wildman–Crippen LogP) is 2.66. The van der Waals surface area contributed by atoms with Crippen molar-refractivity contribution in [2.75, 3.05) is 13.2 Å². The van der Waals surface area contributed by atoms with Crippen molar-refractivity contribution in [2.45, 2.75) is 19.3 Å². The fourth-order valence-corrected chi connectivity index (χ4v) is 1.50. The molecule has 108 valence electrons. The molecule has 0 fully saturated rings. The van der Waals surface area contributed by atoms with Crippen LogP contribution in [0, 0.1) is 0 Å². The fraction of sp³-hybridized carbons (Fsp3) is 0.333. The van der Waals surface area contributed by atoms with Crippen LogP contribution < -0.4 is 4.74 Å². The molecule has 20 heavy (non-hydrogen) atoms. The predicted molar refractivity (Wildman–Crippen MR) is 73.9 cm³/mol. The van der Waals surface area contributed by atoms with Gasteiger partial charge in [-0.2, -0.15) is 0 Å². The van der Waals surface area contributed by atoms with E-state index in [-0.39, 0.29) is 5.56 Å². The van der Waals surface area contributed by atoms with Gasteiger partial charge in [0.15, 0.2) is 0 Å². The zero-order valence-corrected chi connectivity index (χ0v) is 11.2. The Morgan fingerprint density at radius 2 is 1.75 bits per heavy atom. The molecule has 1 rings (SSSR count). The van der Waals surface area contributed by atoms with Crippen LogP contribution in [0.5, 0.6) is 5.75 Å². The highest BCUT2D eigenvalue weighted by Crippen LogP contribution is 2.12. The first-order valence-corrected chi connectivity index (χ1v) is 6.39. The van der Waals surface area contributed by atoms with Gasteiger partial charge in [-0.05, 0) is 43.5 Å². The minimum absolute atomic E-state index is 0.237. The molecule has 1 aromatic carbocycles. The van der Waals surface area contributed by atoms with Crippen LogP contribution in [0.2, 0.25) is 0 Å². The average molecular weight is 278 g/mol. The van der Waals surface area contributed by atoms with E-state index in [0.717, 1.165) is 25.3 Å². The molecule has 0 aliphatic carbocycles. The minimum atomic E-state index is -0.953. The van der Waals surface area contributed by atoms with E-state index in [9.17, 15) is 9.59 Å². The molecule has 0 amide bonds. The van der Waals surface area contributed by atoms with E-state index in [1.54, 1.807) is 12.1 Å². The van der Waals surface area contributed by atoms with Gasteiger partial charge in [-0.15, -0.1) is 0 Å². The van der Waals surface area contributed by atoms with Crippen LogP contribution in [-0.4, -0.2) is 30.3 Å². The van der Waals surface area contributed by atoms with Gasteiger partial charge < -0.3 is 14.6 Å². The summed E-state index contributed by atoms with van der Waals surface area (Å²) < 4.78 is 10.3. The molecule has 0 aliphatic heterocycles. The fourth-order valence-electron chi connectivity index (χ4n) is 1.50. The lowest BCUT2D eigenvalue weighted by Crippen LogP contribution is -2.03. The van der Waals surface area contributed by atoms with Gasteiger partial charge in [0, 0.05) is 6.08 Å². The maximum atomic E-state index is 10.8. The Bertz CT molecular complexity index is 450. The topological polar surface area (TPSA) is 72.8 Å². The van der Waals surface area contributed by atoms with Gasteiger partial charge in [0.05, 0.1) is 18.8 Å². The molecule has 0 spiro atoms. The second kappa shape index (κ2) is 8.74. The van der Waals surface area contributed by atoms with E-state index in [1.165, 1.54) is 12.1 Å². The number of carbonyl (C=O) groups is 2. The molecular formula is C15H18O5. The van der Waals surface area contributed by atoms with Crippen LogP contribution in [-0.2, 0) is 9.53 Å². The van der Waals surface area contributed by atoms with Gasteiger partial charge >= 0.3 is 11.9 Å². The summed E-state index contributed by atoms with van der Waals surface area (Å²) in [7, 11) is 0. The van der Waals surface area contributed by atoms with E-state index in [2.05, 4.69) is 6.58 Å². The molecule has 0 radical (unpaired) electrons. The summed E-state index contributed by atoms with van der Waals surface area (Å²) in [5, 5.41) is 8.75. The SMILES string of the molecule is C=CC(=O)OCCCCCOc1ccc(C(=O)O)cc1. The minimum Gasteiger partial charge on any atom is -0.494 e. The summed E-state index contributed by atoms with van der Waals surface area (Å²) in [4.78, 5) is 21.4. The Morgan fingerprint density at radius 3 is 2.35 bits per heavy atom. The number of carboxylic acid groups (broad SMARTS) is 1. The third kappa shape index (κ3) is 6.04. The Hall–Kier alpha value is -2.30. The zero-order valence-electron chi connectivity index (χ0n) is 11.2. The number of unbranched alkanes of at least 4 members (excludes halogenated alkanes) is 2. The van der Waals surface area contributed by atoms with Crippen molar-refractivity contribution in [2.24, 2.45) is 0 Å². The number of carbonyl (C=O) groups excluding carboxylic acids is 1. The third-order valence-electron chi connectivity index (χ3n) is 2.57. The van der Waals surface area contributed by atoms with E-state index in [0.29, 0.717) is 19.0 Å². The second-order valence-electron chi connectivity index (χ2n) is 4.11. The smallest absolute Gasteiger partial charge is 0.335 e. The summed E-state index contributed by atoms with van der Waals surface area (Å²) >= 11 is 0. The molecule has 0 aliphatic rings. The normalized spacial score (nSPS) is 9.80. The molecule has 0 aromatic heterocycles. The van der Waals surface area contributed by atoms with Gasteiger partial charge in [-0.1, -0.05) is 6.58 Å². The maximum absolute atomic E-state index is 10.8. The van der Waals surface area contributed by atoms with E-state index in [4.69, 9.17) is 14.6 Å². The number of hydrogen-bond donors (Lipinski definition) is 1. The lowest BCUT2D eigenvalue weighted by Gasteiger charge is -2.06. The van der Waals surface area contributed by atoms with Crippen LogP contribution >= 0.6 is 0 Å². The Morgan fingerprint density at radius 1 is 1.10 bits per heavy atom. The van der Waals surface area contributed by atoms with Gasteiger partial charge in [0.25, 0.3) is 0 Å². The highest BCUT2D eigenvalue weighted by atomic mass is 16.5. The second-order valence-corrected chi connectivity index (χ2v) is 4.11. The standard InChI is InChI=1S/C15H18O5/c1-2-14(16)20-11-5-3-4-10-19-13-8-6-12(7-9-13)15(17)18/h2,6-9H,1,3-5,10-11H2,(H,17,18). The Labute approximate surface area is 117 Å². The van der Waals surface area contributed by atoms with Crippen LogP contribution in [0.3, 0.4) is 0 Å². The summed E-state index contributed by atoms with van der Waals surface area (Å²) in [5.74, 6) is -0.710. The van der Waals surface area contributed by atoms with Crippen molar-refractivity contribution in [3.8, 4) is 5.75 Å². The first-order chi connectivity index (χ1) is 9.63. The van der Waals surface area contributed by atoms with Crippen molar-refractivity contribution < 1.29 is 24.2 Å². The lowest BCUT2D eigenvalue weighted by molar-refractivity contribution is -0.137. The lowest BCUT2D eigenvalue weighted by atomic mass is 10.2. The first-order valence-electron chi connectivity index (χ1n) is 6.39. The largest absolute Gasteiger partial charge is 0.494 e. The number of benzene rings is 1. The van der Waals surface area contributed by atoms with Crippen LogP contribution in [0.25, 0.3) is 0 Å². The van der Waals surface area contributed by atoms with E-state index in [1.807, 2.05) is 0 Å². The monoisotopic (exact) mass is 278 g/mol. The molecule has 1 aromatic rings. The highest BCUT2D eigenvalue weighted by molar-refractivity contribution is 5.87. The molecule has 0 atom stereocenters. The number of rotatable bonds is 9. The number of hydrogen-bond acceptors (Lipinski definition) is 4. The van der Waals surface area contributed by atoms with Gasteiger partial charge in [-0.3, -0.25) is 0 Å². The molecule has 0 unspecified atom stereocenters. The molecule has 0 saturated carbocycles. The molecule has 0 heterocycles. The summed E-state index contributed by atoms with van der Waals surface area (Å²) in [6.45, 7) is 4.24. The van der Waals surface area contributed by atoms with Gasteiger partial charge in [0.2, 0.25) is 0 Å². The van der Waals surface area contributed by atoms with Crippen LogP contribution in [0.1, 0.15) is 29.6 Å². The summed E-state index contributed by atoms with van der Waals surface area (Å²) in [5.41, 5.74) is 0.237. The van der Waals surface area contributed by atoms with Crippen molar-refractivity contribution >= 4 is 11.9 Å². The van der Waals surface area contributed by atoms with Crippen molar-refractivity contribution in [3.05, 3.63) is 42.5 Å². The number of esters is 1. The first kappa shape index (κ1) is 15.8. The summed E-state index contributed by atoms with van der Waals surface area (Å²) in [6, 6.07) is 6.28. The van der Waals surface area contributed by atoms with Crippen molar-refractivity contribution in [1.29, 1.82) is 0 Å². The van der Waals surface area contributed by atoms with Crippen LogP contribution in [0.4, 0.5) is 0 Å². The number of carboxylic acids is 1. The number of ether oxygens (including phenoxy) is 2. The van der Waals surface area contributed by atoms with E-state index >= 15 is 0 Å². The van der Waals surface area contributed by atoms with Crippen molar-refractivity contribution in [1.82, 2.24) is 0 Å². The van der Waals surface area contributed by atoms with Crippen LogP contribution in [0.15, 0.2) is 36.9 Å². The molecule has 0 bridgehead atoms. The molecular weight excluding hydrogens is 260 g/mol. The average Bonchev–Trinajstić information content (AvgIpc) is 2.46. The van der Waals surface area contributed by atoms with Crippen molar-refractivity contribution in [3.63, 3.8) is 0 Å². The molecule has 1 N–H and O–H groups in total. The summed E-state index contributed by atoms with van der Waals surface area (Å²) in [6.07, 6.45) is 3.65. The third-order valence-corrected chi connectivity index (χ3v) is 2.57.